The minimum absolute atomic E-state index is 0.425. The molecule has 0 aliphatic rings. The van der Waals surface area contributed by atoms with Gasteiger partial charge in [0.15, 0.2) is 0 Å². The first kappa shape index (κ1) is 8.67. The fourth-order valence-electron chi connectivity index (χ4n) is 0.205. The Morgan fingerprint density at radius 3 is 2.75 bits per heavy atom. The zero-order valence-electron chi connectivity index (χ0n) is 4.66. The predicted octanol–water partition coefficient (Wildman–Crippen LogP) is 3.06. The van der Waals surface area contributed by atoms with Crippen molar-refractivity contribution in [3.8, 4) is 0 Å². The van der Waals surface area contributed by atoms with Gasteiger partial charge in [-0.1, -0.05) is 18.5 Å². The average Bonchev–Trinajstić information content (AvgIpc) is 1.83. The molecule has 0 atom stereocenters. The van der Waals surface area contributed by atoms with Gasteiger partial charge < -0.3 is 0 Å². The Hall–Kier alpha value is 0.670. The van der Waals surface area contributed by atoms with Gasteiger partial charge in [-0.05, 0) is 11.2 Å². The highest BCUT2D eigenvalue weighted by Crippen LogP contribution is 2.10. The Bertz CT molecular complexity index is 80.5. The fourth-order valence-corrected chi connectivity index (χ4v) is 0.994. The first-order valence-electron chi connectivity index (χ1n) is 2.33. The van der Waals surface area contributed by atoms with E-state index in [1.165, 1.54) is 0 Å². The third kappa shape index (κ3) is 4.82. The second-order valence-electron chi connectivity index (χ2n) is 1.15. The van der Waals surface area contributed by atoms with Gasteiger partial charge >= 0.3 is 0 Å². The Morgan fingerprint density at radius 1 is 1.75 bits per heavy atom. The normalized spacial score (nSPS) is 12.1. The van der Waals surface area contributed by atoms with Crippen molar-refractivity contribution in [3.05, 3.63) is 10.4 Å². The van der Waals surface area contributed by atoms with E-state index >= 15 is 0 Å². The number of hydrogen-bond donors (Lipinski definition) is 0. The van der Waals surface area contributed by atoms with Crippen molar-refractivity contribution < 1.29 is 0 Å². The molecular formula is C5H8Cl2S. The largest absolute Gasteiger partial charge is 0.133 e. The van der Waals surface area contributed by atoms with Gasteiger partial charge in [-0.15, -0.1) is 23.4 Å². The molecule has 0 aromatic heterocycles. The molecule has 0 amide bonds. The molecule has 0 nitrogen and oxygen atoms in total. The lowest BCUT2D eigenvalue weighted by Crippen LogP contribution is -1.68. The molecule has 0 saturated heterocycles. The van der Waals surface area contributed by atoms with Crippen molar-refractivity contribution in [2.45, 2.75) is 6.92 Å². The van der Waals surface area contributed by atoms with Gasteiger partial charge in [0, 0.05) is 5.03 Å². The van der Waals surface area contributed by atoms with E-state index in [1.54, 1.807) is 11.8 Å². The Morgan fingerprint density at radius 2 is 2.38 bits per heavy atom. The quantitative estimate of drug-likeness (QED) is 0.588. The Balaban J connectivity index is 3.26. The Kier molecular flexibility index (Phi) is 6.29. The second kappa shape index (κ2) is 5.80. The third-order valence-electron chi connectivity index (χ3n) is 0.506. The molecule has 0 aliphatic carbocycles. The molecule has 0 rings (SSSR count). The summed E-state index contributed by atoms with van der Waals surface area (Å²) in [5.74, 6) is 1.47. The van der Waals surface area contributed by atoms with Crippen LogP contribution in [0.4, 0.5) is 0 Å². The molecule has 0 fully saturated rings. The molecule has 3 heteroatoms. The maximum atomic E-state index is 5.55. The highest BCUT2D eigenvalue weighted by molar-refractivity contribution is 8.02. The lowest BCUT2D eigenvalue weighted by atomic mass is 10.7. The van der Waals surface area contributed by atoms with Crippen LogP contribution in [0.5, 0.6) is 0 Å². The van der Waals surface area contributed by atoms with E-state index in [1.807, 2.05) is 5.41 Å². The Labute approximate surface area is 64.2 Å². The predicted molar refractivity (Wildman–Crippen MR) is 42.8 cm³/mol. The molecule has 0 heterocycles. The van der Waals surface area contributed by atoms with Crippen molar-refractivity contribution in [1.82, 2.24) is 0 Å². The van der Waals surface area contributed by atoms with Crippen molar-refractivity contribution in [3.63, 3.8) is 0 Å². The van der Waals surface area contributed by atoms with E-state index in [-0.39, 0.29) is 0 Å². The number of rotatable bonds is 3. The van der Waals surface area contributed by atoms with Gasteiger partial charge in [-0.3, -0.25) is 0 Å². The summed E-state index contributed by atoms with van der Waals surface area (Å²) in [6.45, 7) is 2.07. The van der Waals surface area contributed by atoms with E-state index in [4.69, 9.17) is 23.2 Å². The maximum absolute atomic E-state index is 5.55. The van der Waals surface area contributed by atoms with Crippen LogP contribution in [-0.2, 0) is 0 Å². The summed E-state index contributed by atoms with van der Waals surface area (Å²) < 4.78 is 0. The van der Waals surface area contributed by atoms with Gasteiger partial charge in [0.25, 0.3) is 0 Å². The number of hydrogen-bond acceptors (Lipinski definition) is 1. The van der Waals surface area contributed by atoms with Crippen molar-refractivity contribution in [2.75, 3.05) is 11.6 Å². The molecule has 0 aliphatic heterocycles. The van der Waals surface area contributed by atoms with E-state index in [0.717, 1.165) is 10.8 Å². The highest BCUT2D eigenvalue weighted by atomic mass is 35.5. The monoisotopic (exact) mass is 170 g/mol. The van der Waals surface area contributed by atoms with Gasteiger partial charge in [0.05, 0.1) is 5.88 Å². The SMILES string of the molecule is CCS/C=C(/Cl)CCl. The van der Waals surface area contributed by atoms with Crippen LogP contribution in [0.15, 0.2) is 10.4 Å². The van der Waals surface area contributed by atoms with Gasteiger partial charge in [-0.2, -0.15) is 0 Å². The summed E-state index contributed by atoms with van der Waals surface area (Å²) in [5, 5.41) is 2.59. The lowest BCUT2D eigenvalue weighted by Gasteiger charge is -1.87. The smallest absolute Gasteiger partial charge is 0.0587 e. The van der Waals surface area contributed by atoms with Crippen LogP contribution in [0, 0.1) is 0 Å². The second-order valence-corrected chi connectivity index (χ2v) is 3.05. The van der Waals surface area contributed by atoms with E-state index < -0.39 is 0 Å². The minimum atomic E-state index is 0.425. The molecule has 0 N–H and O–H groups in total. The summed E-state index contributed by atoms with van der Waals surface area (Å²) in [5.41, 5.74) is 0. The molecule has 48 valence electrons. The number of halogens is 2. The van der Waals surface area contributed by atoms with Crippen LogP contribution < -0.4 is 0 Å². The topological polar surface area (TPSA) is 0 Å². The van der Waals surface area contributed by atoms with Crippen LogP contribution in [0.1, 0.15) is 6.92 Å². The molecule has 0 saturated carbocycles. The molecule has 8 heavy (non-hydrogen) atoms. The summed E-state index contributed by atoms with van der Waals surface area (Å²) in [6, 6.07) is 0. The van der Waals surface area contributed by atoms with Crippen LogP contribution in [0.2, 0.25) is 0 Å². The number of alkyl halides is 1. The van der Waals surface area contributed by atoms with Crippen LogP contribution in [-0.4, -0.2) is 11.6 Å². The zero-order chi connectivity index (χ0) is 6.41. The average molecular weight is 171 g/mol. The third-order valence-corrected chi connectivity index (χ3v) is 2.09. The van der Waals surface area contributed by atoms with Crippen LogP contribution in [0.25, 0.3) is 0 Å². The molecule has 0 unspecified atom stereocenters. The summed E-state index contributed by atoms with van der Waals surface area (Å²) in [4.78, 5) is 0. The molecule has 0 aromatic carbocycles. The van der Waals surface area contributed by atoms with Crippen molar-refractivity contribution >= 4 is 35.0 Å². The molecule has 0 aromatic rings. The van der Waals surface area contributed by atoms with Gasteiger partial charge in [-0.25, -0.2) is 0 Å². The molecule has 0 radical (unpaired) electrons. The summed E-state index contributed by atoms with van der Waals surface area (Å²) in [6.07, 6.45) is 0. The van der Waals surface area contributed by atoms with E-state index in [9.17, 15) is 0 Å². The van der Waals surface area contributed by atoms with Crippen molar-refractivity contribution in [2.24, 2.45) is 0 Å². The van der Waals surface area contributed by atoms with E-state index in [0.29, 0.717) is 5.88 Å². The summed E-state index contributed by atoms with van der Waals surface area (Å²) in [7, 11) is 0. The zero-order valence-corrected chi connectivity index (χ0v) is 6.98. The first-order chi connectivity index (χ1) is 3.81. The highest BCUT2D eigenvalue weighted by Gasteiger charge is 1.84. The summed E-state index contributed by atoms with van der Waals surface area (Å²) >= 11 is 12.6. The van der Waals surface area contributed by atoms with Gasteiger partial charge in [0.1, 0.15) is 0 Å². The minimum Gasteiger partial charge on any atom is -0.133 e. The first-order valence-corrected chi connectivity index (χ1v) is 4.29. The maximum Gasteiger partial charge on any atom is 0.0587 e. The molecular weight excluding hydrogens is 163 g/mol. The van der Waals surface area contributed by atoms with Gasteiger partial charge in [0.2, 0.25) is 0 Å². The molecule has 0 spiro atoms. The van der Waals surface area contributed by atoms with Crippen molar-refractivity contribution in [1.29, 1.82) is 0 Å². The van der Waals surface area contributed by atoms with Crippen LogP contribution >= 0.6 is 35.0 Å². The van der Waals surface area contributed by atoms with Crippen LogP contribution in [0.3, 0.4) is 0 Å². The fraction of sp³-hybridized carbons (Fsp3) is 0.600. The molecule has 0 bridgehead atoms. The lowest BCUT2D eigenvalue weighted by molar-refractivity contribution is 1.53. The number of allylic oxidation sites excluding steroid dienone is 1. The number of thioether (sulfide) groups is 1. The standard InChI is InChI=1S/C5H8Cl2S/c1-2-8-4-5(7)3-6/h4H,2-3H2,1H3/b5-4+. The van der Waals surface area contributed by atoms with E-state index in [2.05, 4.69) is 6.92 Å².